The van der Waals surface area contributed by atoms with Crippen molar-refractivity contribution in [2.75, 3.05) is 6.61 Å². The van der Waals surface area contributed by atoms with Crippen molar-refractivity contribution in [3.8, 4) is 5.75 Å². The van der Waals surface area contributed by atoms with E-state index in [4.69, 9.17) is 10.2 Å². The second-order valence-corrected chi connectivity index (χ2v) is 3.44. The predicted octanol–water partition coefficient (Wildman–Crippen LogP) is 2.24. The predicted molar refractivity (Wildman–Crippen MR) is 46.8 cm³/mol. The van der Waals surface area contributed by atoms with Crippen LogP contribution in [0, 0.1) is 0 Å². The van der Waals surface area contributed by atoms with E-state index in [0.717, 1.165) is 12.1 Å². The molecular formula is C8H7BrF2O2. The zero-order valence-corrected chi connectivity index (χ0v) is 8.05. The summed E-state index contributed by atoms with van der Waals surface area (Å²) in [5.74, 6) is -3.93. The minimum absolute atomic E-state index is 0.502. The maximum atomic E-state index is 12.9. The van der Waals surface area contributed by atoms with Crippen molar-refractivity contribution in [3.05, 3.63) is 28.2 Å². The summed E-state index contributed by atoms with van der Waals surface area (Å²) in [6.45, 7) is -1.32. The molecule has 0 unspecified atom stereocenters. The summed E-state index contributed by atoms with van der Waals surface area (Å²) in [5, 5.41) is 17.5. The number of phenols is 1. The lowest BCUT2D eigenvalue weighted by Gasteiger charge is -2.14. The van der Waals surface area contributed by atoms with E-state index in [2.05, 4.69) is 15.9 Å². The smallest absolute Gasteiger partial charge is 0.299 e. The molecule has 1 aromatic rings. The van der Waals surface area contributed by atoms with Crippen LogP contribution in [-0.4, -0.2) is 16.8 Å². The van der Waals surface area contributed by atoms with Crippen LogP contribution in [0.3, 0.4) is 0 Å². The van der Waals surface area contributed by atoms with Crippen LogP contribution in [0.1, 0.15) is 5.56 Å². The average Bonchev–Trinajstić information content (AvgIpc) is 2.03. The molecule has 1 aromatic carbocycles. The highest BCUT2D eigenvalue weighted by Crippen LogP contribution is 2.35. The van der Waals surface area contributed by atoms with Crippen LogP contribution in [-0.2, 0) is 5.92 Å². The summed E-state index contributed by atoms with van der Waals surface area (Å²) in [4.78, 5) is 0. The van der Waals surface area contributed by atoms with E-state index in [1.807, 2.05) is 0 Å². The molecule has 72 valence electrons. The Morgan fingerprint density at radius 3 is 2.46 bits per heavy atom. The zero-order valence-electron chi connectivity index (χ0n) is 6.47. The third-order valence-electron chi connectivity index (χ3n) is 1.55. The van der Waals surface area contributed by atoms with Gasteiger partial charge in [0.25, 0.3) is 5.92 Å². The van der Waals surface area contributed by atoms with Crippen LogP contribution in [0.2, 0.25) is 0 Å². The molecule has 0 saturated carbocycles. The third-order valence-corrected chi connectivity index (χ3v) is 2.05. The molecule has 0 spiro atoms. The number of benzene rings is 1. The fourth-order valence-electron chi connectivity index (χ4n) is 0.899. The summed E-state index contributed by atoms with van der Waals surface area (Å²) < 4.78 is 26.2. The van der Waals surface area contributed by atoms with Crippen molar-refractivity contribution in [1.29, 1.82) is 0 Å². The minimum atomic E-state index is -3.40. The summed E-state index contributed by atoms with van der Waals surface area (Å²) in [6, 6.07) is 3.59. The van der Waals surface area contributed by atoms with E-state index in [1.54, 1.807) is 0 Å². The van der Waals surface area contributed by atoms with Gasteiger partial charge in [-0.3, -0.25) is 0 Å². The maximum Gasteiger partial charge on any atom is 0.299 e. The van der Waals surface area contributed by atoms with Crippen LogP contribution in [0.4, 0.5) is 8.78 Å². The van der Waals surface area contributed by atoms with Gasteiger partial charge in [0, 0.05) is 4.47 Å². The molecule has 2 nitrogen and oxygen atoms in total. The largest absolute Gasteiger partial charge is 0.507 e. The Kier molecular flexibility index (Phi) is 2.87. The molecule has 0 aliphatic heterocycles. The lowest BCUT2D eigenvalue weighted by atomic mass is 10.1. The number of aliphatic hydroxyl groups excluding tert-OH is 1. The number of aromatic hydroxyl groups is 1. The van der Waals surface area contributed by atoms with Gasteiger partial charge < -0.3 is 10.2 Å². The minimum Gasteiger partial charge on any atom is -0.507 e. The lowest BCUT2D eigenvalue weighted by molar-refractivity contribution is -0.0571. The van der Waals surface area contributed by atoms with Crippen molar-refractivity contribution in [1.82, 2.24) is 0 Å². The Morgan fingerprint density at radius 2 is 2.00 bits per heavy atom. The summed E-state index contributed by atoms with van der Waals surface area (Å²) in [7, 11) is 0. The first-order chi connectivity index (χ1) is 5.97. The van der Waals surface area contributed by atoms with Gasteiger partial charge in [0.2, 0.25) is 0 Å². The SMILES string of the molecule is OCC(F)(F)c1ccc(Br)cc1O. The molecule has 0 radical (unpaired) electrons. The summed E-state index contributed by atoms with van der Waals surface area (Å²) >= 11 is 3.02. The molecule has 5 heteroatoms. The van der Waals surface area contributed by atoms with Gasteiger partial charge in [-0.05, 0) is 18.2 Å². The maximum absolute atomic E-state index is 12.9. The highest BCUT2D eigenvalue weighted by molar-refractivity contribution is 9.10. The molecule has 1 rings (SSSR count). The van der Waals surface area contributed by atoms with Gasteiger partial charge >= 0.3 is 0 Å². The second kappa shape index (κ2) is 3.59. The first-order valence-corrected chi connectivity index (χ1v) is 4.24. The van der Waals surface area contributed by atoms with Gasteiger partial charge in [0.1, 0.15) is 12.4 Å². The number of hydrogen-bond acceptors (Lipinski definition) is 2. The van der Waals surface area contributed by atoms with Gasteiger partial charge in [-0.1, -0.05) is 15.9 Å². The Balaban J connectivity index is 3.16. The number of hydrogen-bond donors (Lipinski definition) is 2. The highest BCUT2D eigenvalue weighted by atomic mass is 79.9. The van der Waals surface area contributed by atoms with Crippen molar-refractivity contribution >= 4 is 15.9 Å². The van der Waals surface area contributed by atoms with Crippen molar-refractivity contribution in [2.24, 2.45) is 0 Å². The van der Waals surface area contributed by atoms with E-state index in [9.17, 15) is 8.78 Å². The zero-order chi connectivity index (χ0) is 10.1. The standard InChI is InChI=1S/C8H7BrF2O2/c9-5-1-2-6(7(13)3-5)8(10,11)4-12/h1-3,12-13H,4H2. The monoisotopic (exact) mass is 252 g/mol. The molecule has 0 aliphatic rings. The number of alkyl halides is 2. The van der Waals surface area contributed by atoms with Crippen LogP contribution >= 0.6 is 15.9 Å². The molecule has 0 bridgehead atoms. The molecule has 0 aromatic heterocycles. The first-order valence-electron chi connectivity index (χ1n) is 3.45. The molecule has 0 heterocycles. The van der Waals surface area contributed by atoms with Crippen molar-refractivity contribution < 1.29 is 19.0 Å². The number of halogens is 3. The third kappa shape index (κ3) is 2.16. The molecule has 13 heavy (non-hydrogen) atoms. The fourth-order valence-corrected chi connectivity index (χ4v) is 1.25. The van der Waals surface area contributed by atoms with Crippen molar-refractivity contribution in [2.45, 2.75) is 5.92 Å². The Morgan fingerprint density at radius 1 is 1.38 bits per heavy atom. The van der Waals surface area contributed by atoms with E-state index in [0.29, 0.717) is 4.47 Å². The number of rotatable bonds is 2. The van der Waals surface area contributed by atoms with E-state index in [1.165, 1.54) is 6.07 Å². The van der Waals surface area contributed by atoms with Gasteiger partial charge in [0.05, 0.1) is 5.56 Å². The van der Waals surface area contributed by atoms with Gasteiger partial charge in [-0.15, -0.1) is 0 Å². The molecule has 2 N–H and O–H groups in total. The normalized spacial score (nSPS) is 11.7. The quantitative estimate of drug-likeness (QED) is 0.848. The van der Waals surface area contributed by atoms with Crippen molar-refractivity contribution in [3.63, 3.8) is 0 Å². The van der Waals surface area contributed by atoms with Gasteiger partial charge in [0.15, 0.2) is 0 Å². The van der Waals surface area contributed by atoms with Crippen LogP contribution in [0.25, 0.3) is 0 Å². The van der Waals surface area contributed by atoms with E-state index >= 15 is 0 Å². The van der Waals surface area contributed by atoms with Crippen LogP contribution in [0.15, 0.2) is 22.7 Å². The summed E-state index contributed by atoms with van der Waals surface area (Å²) in [6.07, 6.45) is 0. The molecule has 0 aliphatic carbocycles. The highest BCUT2D eigenvalue weighted by Gasteiger charge is 2.33. The molecule has 0 saturated heterocycles. The number of aliphatic hydroxyl groups is 1. The van der Waals surface area contributed by atoms with Gasteiger partial charge in [-0.2, -0.15) is 8.78 Å². The number of phenolic OH excluding ortho intramolecular Hbond substituents is 1. The van der Waals surface area contributed by atoms with Crippen LogP contribution < -0.4 is 0 Å². The van der Waals surface area contributed by atoms with Crippen LogP contribution in [0.5, 0.6) is 5.75 Å². The van der Waals surface area contributed by atoms with E-state index in [-0.39, 0.29) is 0 Å². The molecular weight excluding hydrogens is 246 g/mol. The van der Waals surface area contributed by atoms with E-state index < -0.39 is 23.8 Å². The Hall–Kier alpha value is -0.680. The molecule has 0 atom stereocenters. The topological polar surface area (TPSA) is 40.5 Å². The Labute approximate surface area is 81.9 Å². The average molecular weight is 253 g/mol. The molecule has 0 fully saturated rings. The Bertz CT molecular complexity index is 315. The van der Waals surface area contributed by atoms with Gasteiger partial charge in [-0.25, -0.2) is 0 Å². The second-order valence-electron chi connectivity index (χ2n) is 2.52. The summed E-state index contributed by atoms with van der Waals surface area (Å²) in [5.41, 5.74) is -0.571. The molecule has 0 amide bonds. The fraction of sp³-hybridized carbons (Fsp3) is 0.250. The lowest BCUT2D eigenvalue weighted by Crippen LogP contribution is -2.18. The first kappa shape index (κ1) is 10.4.